The second-order valence-corrected chi connectivity index (χ2v) is 6.07. The average Bonchev–Trinajstić information content (AvgIpc) is 3.11. The summed E-state index contributed by atoms with van der Waals surface area (Å²) in [6, 6.07) is 0.439. The van der Waals surface area contributed by atoms with Crippen LogP contribution in [0.5, 0.6) is 0 Å². The Morgan fingerprint density at radius 2 is 1.68 bits per heavy atom. The molecule has 19 heavy (non-hydrogen) atoms. The van der Waals surface area contributed by atoms with Crippen LogP contribution in [0.25, 0.3) is 0 Å². The Bertz CT molecular complexity index is 356. The van der Waals surface area contributed by atoms with E-state index in [9.17, 15) is 9.59 Å². The molecule has 0 spiro atoms. The first-order chi connectivity index (χ1) is 9.22. The number of nitrogens with one attached hydrogen (secondary N) is 1. The minimum Gasteiger partial charge on any atom is -0.352 e. The predicted octanol–water partition coefficient (Wildman–Crippen LogP) is 0.209. The van der Waals surface area contributed by atoms with Crippen LogP contribution in [-0.2, 0) is 9.59 Å². The summed E-state index contributed by atoms with van der Waals surface area (Å²) in [5, 5.41) is 3.01. The van der Waals surface area contributed by atoms with Gasteiger partial charge >= 0.3 is 0 Å². The lowest BCUT2D eigenvalue weighted by atomic mass is 9.84. The van der Waals surface area contributed by atoms with E-state index in [0.29, 0.717) is 24.4 Å². The molecule has 0 aromatic carbocycles. The van der Waals surface area contributed by atoms with Crippen molar-refractivity contribution in [1.29, 1.82) is 0 Å². The van der Waals surface area contributed by atoms with Gasteiger partial charge in [0.05, 0.1) is 6.54 Å². The number of nitrogens with zero attached hydrogens (tertiary/aromatic N) is 2. The molecule has 1 saturated heterocycles. The van der Waals surface area contributed by atoms with Crippen molar-refractivity contribution in [3.05, 3.63) is 0 Å². The Morgan fingerprint density at radius 1 is 1.00 bits per heavy atom. The first-order valence-electron chi connectivity index (χ1n) is 7.53. The van der Waals surface area contributed by atoms with Gasteiger partial charge in [-0.15, -0.1) is 0 Å². The number of carbonyl (C=O) groups excluding carboxylic acids is 2. The zero-order valence-corrected chi connectivity index (χ0v) is 11.4. The number of hydrogen-bond acceptors (Lipinski definition) is 3. The van der Waals surface area contributed by atoms with Crippen molar-refractivity contribution in [1.82, 2.24) is 15.1 Å². The Labute approximate surface area is 114 Å². The highest BCUT2D eigenvalue weighted by molar-refractivity contribution is 5.80. The third-order valence-electron chi connectivity index (χ3n) is 4.45. The minimum atomic E-state index is 0.140. The molecule has 2 aliphatic carbocycles. The molecule has 3 aliphatic rings. The lowest BCUT2D eigenvalue weighted by Gasteiger charge is -2.38. The van der Waals surface area contributed by atoms with Crippen LogP contribution in [0.4, 0.5) is 0 Å². The Hall–Kier alpha value is -1.10. The molecule has 2 saturated carbocycles. The van der Waals surface area contributed by atoms with Gasteiger partial charge in [-0.2, -0.15) is 0 Å². The zero-order chi connectivity index (χ0) is 13.2. The molecule has 1 heterocycles. The van der Waals surface area contributed by atoms with Crippen molar-refractivity contribution < 1.29 is 9.59 Å². The van der Waals surface area contributed by atoms with Gasteiger partial charge in [0.25, 0.3) is 0 Å². The van der Waals surface area contributed by atoms with Crippen molar-refractivity contribution >= 4 is 11.8 Å². The minimum absolute atomic E-state index is 0.140. The van der Waals surface area contributed by atoms with E-state index >= 15 is 0 Å². The van der Waals surface area contributed by atoms with Crippen molar-refractivity contribution in [2.24, 2.45) is 5.92 Å². The van der Waals surface area contributed by atoms with Gasteiger partial charge in [-0.1, -0.05) is 6.42 Å². The first kappa shape index (κ1) is 12.9. The fraction of sp³-hybridized carbons (Fsp3) is 0.857. The molecule has 3 fully saturated rings. The lowest BCUT2D eigenvalue weighted by molar-refractivity contribution is -0.140. The average molecular weight is 265 g/mol. The van der Waals surface area contributed by atoms with E-state index in [0.717, 1.165) is 51.9 Å². The number of amides is 2. The van der Waals surface area contributed by atoms with Crippen LogP contribution in [0, 0.1) is 5.92 Å². The molecule has 5 nitrogen and oxygen atoms in total. The summed E-state index contributed by atoms with van der Waals surface area (Å²) < 4.78 is 0. The molecule has 0 radical (unpaired) electrons. The van der Waals surface area contributed by atoms with Gasteiger partial charge < -0.3 is 10.2 Å². The molecule has 5 heteroatoms. The van der Waals surface area contributed by atoms with Crippen molar-refractivity contribution in [2.75, 3.05) is 32.7 Å². The summed E-state index contributed by atoms with van der Waals surface area (Å²) in [5.74, 6) is 0.777. The molecule has 2 amide bonds. The summed E-state index contributed by atoms with van der Waals surface area (Å²) in [4.78, 5) is 27.9. The third kappa shape index (κ3) is 3.26. The number of carbonyl (C=O) groups is 2. The van der Waals surface area contributed by atoms with E-state index in [1.54, 1.807) is 0 Å². The van der Waals surface area contributed by atoms with Crippen LogP contribution in [0.1, 0.15) is 32.1 Å². The lowest BCUT2D eigenvalue weighted by Crippen LogP contribution is -2.53. The molecular weight excluding hydrogens is 242 g/mol. The molecule has 0 bridgehead atoms. The quantitative estimate of drug-likeness (QED) is 0.790. The predicted molar refractivity (Wildman–Crippen MR) is 71.5 cm³/mol. The summed E-state index contributed by atoms with van der Waals surface area (Å²) in [5.41, 5.74) is 0. The van der Waals surface area contributed by atoms with Crippen molar-refractivity contribution in [3.8, 4) is 0 Å². The Kier molecular flexibility index (Phi) is 3.73. The van der Waals surface area contributed by atoms with Gasteiger partial charge in [-0.3, -0.25) is 14.5 Å². The zero-order valence-electron chi connectivity index (χ0n) is 11.4. The maximum absolute atomic E-state index is 12.1. The van der Waals surface area contributed by atoms with Crippen LogP contribution < -0.4 is 5.32 Å². The van der Waals surface area contributed by atoms with E-state index in [4.69, 9.17) is 0 Å². The number of piperazine rings is 1. The van der Waals surface area contributed by atoms with Gasteiger partial charge in [-0.25, -0.2) is 0 Å². The largest absolute Gasteiger partial charge is 0.352 e. The molecule has 3 rings (SSSR count). The standard InChI is InChI=1S/C14H23N3O2/c18-13(15-12-4-5-12)10-16-6-8-17(9-7-16)14(19)11-2-1-3-11/h11-12H,1-10H2,(H,15,18). The van der Waals surface area contributed by atoms with Crippen LogP contribution in [0.15, 0.2) is 0 Å². The van der Waals surface area contributed by atoms with Crippen LogP contribution >= 0.6 is 0 Å². The van der Waals surface area contributed by atoms with Gasteiger partial charge in [0.1, 0.15) is 0 Å². The Morgan fingerprint density at radius 3 is 2.21 bits per heavy atom. The van der Waals surface area contributed by atoms with Crippen LogP contribution in [-0.4, -0.2) is 60.4 Å². The topological polar surface area (TPSA) is 52.7 Å². The van der Waals surface area contributed by atoms with Crippen molar-refractivity contribution in [3.63, 3.8) is 0 Å². The molecule has 0 unspecified atom stereocenters. The highest BCUT2D eigenvalue weighted by atomic mass is 16.2. The first-order valence-corrected chi connectivity index (χ1v) is 7.53. The van der Waals surface area contributed by atoms with E-state index in [1.807, 2.05) is 4.90 Å². The Balaban J connectivity index is 1.38. The smallest absolute Gasteiger partial charge is 0.234 e. The molecule has 0 aromatic rings. The number of hydrogen-bond donors (Lipinski definition) is 1. The molecular formula is C14H23N3O2. The molecule has 106 valence electrons. The van der Waals surface area contributed by atoms with E-state index in [1.165, 1.54) is 6.42 Å². The normalized spacial score (nSPS) is 24.9. The summed E-state index contributed by atoms with van der Waals surface area (Å²) in [6.07, 6.45) is 5.62. The van der Waals surface area contributed by atoms with E-state index in [2.05, 4.69) is 10.2 Å². The van der Waals surface area contributed by atoms with Gasteiger partial charge in [0, 0.05) is 38.1 Å². The fourth-order valence-electron chi connectivity index (χ4n) is 2.74. The number of rotatable bonds is 4. The molecule has 1 aliphatic heterocycles. The van der Waals surface area contributed by atoms with Gasteiger partial charge in [0.2, 0.25) is 11.8 Å². The summed E-state index contributed by atoms with van der Waals surface area (Å²) in [7, 11) is 0. The molecule has 1 N–H and O–H groups in total. The van der Waals surface area contributed by atoms with Gasteiger partial charge in [-0.05, 0) is 25.7 Å². The summed E-state index contributed by atoms with van der Waals surface area (Å²) in [6.45, 7) is 3.72. The van der Waals surface area contributed by atoms with Crippen LogP contribution in [0.3, 0.4) is 0 Å². The second kappa shape index (κ2) is 5.49. The maximum atomic E-state index is 12.1. The highest BCUT2D eigenvalue weighted by Crippen LogP contribution is 2.28. The molecule has 0 aromatic heterocycles. The second-order valence-electron chi connectivity index (χ2n) is 6.07. The monoisotopic (exact) mass is 265 g/mol. The SMILES string of the molecule is O=C(CN1CCN(C(=O)C2CCC2)CC1)NC1CC1. The molecule has 0 atom stereocenters. The fourth-order valence-corrected chi connectivity index (χ4v) is 2.74. The highest BCUT2D eigenvalue weighted by Gasteiger charge is 2.31. The van der Waals surface area contributed by atoms with E-state index in [-0.39, 0.29) is 5.91 Å². The van der Waals surface area contributed by atoms with Gasteiger partial charge in [0.15, 0.2) is 0 Å². The third-order valence-corrected chi connectivity index (χ3v) is 4.45. The van der Waals surface area contributed by atoms with Crippen LogP contribution in [0.2, 0.25) is 0 Å². The van der Waals surface area contributed by atoms with Crippen molar-refractivity contribution in [2.45, 2.75) is 38.1 Å². The van der Waals surface area contributed by atoms with E-state index < -0.39 is 0 Å². The maximum Gasteiger partial charge on any atom is 0.234 e. The summed E-state index contributed by atoms with van der Waals surface area (Å²) >= 11 is 0.